The van der Waals surface area contributed by atoms with Crippen LogP contribution in [0, 0.1) is 0 Å². The second kappa shape index (κ2) is 12.2. The van der Waals surface area contributed by atoms with Crippen LogP contribution < -0.4 is 24.8 Å². The summed E-state index contributed by atoms with van der Waals surface area (Å²) in [6, 6.07) is 12.0. The predicted octanol–water partition coefficient (Wildman–Crippen LogP) is 4.50. The van der Waals surface area contributed by atoms with Crippen LogP contribution in [0.3, 0.4) is 0 Å². The molecule has 2 aromatic carbocycles. The Hall–Kier alpha value is -2.30. The number of hydrogen-bond acceptors (Lipinski definition) is 4. The largest absolute Gasteiger partial charge is 0.493 e. The van der Waals surface area contributed by atoms with Gasteiger partial charge in [-0.25, -0.2) is 0 Å². The Morgan fingerprint density at radius 1 is 1.11 bits per heavy atom. The number of rotatable bonds is 8. The average molecular weight is 507 g/mol. The third kappa shape index (κ3) is 7.02. The Morgan fingerprint density at radius 3 is 2.50 bits per heavy atom. The van der Waals surface area contributed by atoms with Crippen molar-refractivity contribution in [2.45, 2.75) is 20.1 Å². The number of nitrogens with zero attached hydrogens (tertiary/aromatic N) is 1. The molecule has 0 aliphatic carbocycles. The van der Waals surface area contributed by atoms with E-state index in [1.165, 1.54) is 6.07 Å². The summed E-state index contributed by atoms with van der Waals surface area (Å²) in [5.41, 5.74) is 1.32. The Kier molecular flexibility index (Phi) is 10.4. The maximum absolute atomic E-state index is 12.5. The second-order valence-corrected chi connectivity index (χ2v) is 5.34. The van der Waals surface area contributed by atoms with E-state index >= 15 is 0 Å². The van der Waals surface area contributed by atoms with Gasteiger partial charge >= 0.3 is 6.61 Å². The quantitative estimate of drug-likeness (QED) is 0.313. The fourth-order valence-corrected chi connectivity index (χ4v) is 2.38. The Labute approximate surface area is 180 Å². The van der Waals surface area contributed by atoms with Crippen molar-refractivity contribution in [1.29, 1.82) is 0 Å². The summed E-state index contributed by atoms with van der Waals surface area (Å²) >= 11 is 0. The molecule has 0 bridgehead atoms. The van der Waals surface area contributed by atoms with E-state index in [1.807, 2.05) is 13.0 Å². The van der Waals surface area contributed by atoms with Crippen LogP contribution in [0.1, 0.15) is 12.5 Å². The topological polar surface area (TPSA) is 64.1 Å². The second-order valence-electron chi connectivity index (χ2n) is 5.34. The minimum atomic E-state index is -2.88. The van der Waals surface area contributed by atoms with E-state index in [0.717, 1.165) is 5.69 Å². The molecule has 0 saturated heterocycles. The molecule has 0 aromatic heterocycles. The van der Waals surface area contributed by atoms with Gasteiger partial charge in [0.05, 0.1) is 13.7 Å². The highest BCUT2D eigenvalue weighted by molar-refractivity contribution is 14.0. The number of anilines is 1. The SMILES string of the molecule is CCOc1ccc(NC(=NC)NCc2ccccc2OC(F)F)cc1OC.I. The summed E-state index contributed by atoms with van der Waals surface area (Å²) in [6.45, 7) is -0.184. The molecule has 0 fully saturated rings. The molecule has 0 aliphatic heterocycles. The molecule has 2 aromatic rings. The minimum absolute atomic E-state index is 0. The molecule has 0 heterocycles. The van der Waals surface area contributed by atoms with Gasteiger partial charge in [0.15, 0.2) is 17.5 Å². The molecule has 9 heteroatoms. The lowest BCUT2D eigenvalue weighted by Crippen LogP contribution is -2.30. The van der Waals surface area contributed by atoms with Gasteiger partial charge in [-0.1, -0.05) is 18.2 Å². The third-order valence-corrected chi connectivity index (χ3v) is 3.58. The molecular weight excluding hydrogens is 483 g/mol. The van der Waals surface area contributed by atoms with Gasteiger partial charge in [-0.05, 0) is 25.1 Å². The zero-order valence-corrected chi connectivity index (χ0v) is 18.2. The van der Waals surface area contributed by atoms with Gasteiger partial charge in [0.25, 0.3) is 0 Å². The number of guanidine groups is 1. The summed E-state index contributed by atoms with van der Waals surface area (Å²) < 4.78 is 40.4. The van der Waals surface area contributed by atoms with Crippen molar-refractivity contribution < 1.29 is 23.0 Å². The van der Waals surface area contributed by atoms with Gasteiger partial charge in [0, 0.05) is 30.9 Å². The van der Waals surface area contributed by atoms with Crippen LogP contribution in [0.25, 0.3) is 0 Å². The monoisotopic (exact) mass is 507 g/mol. The number of methoxy groups -OCH3 is 1. The van der Waals surface area contributed by atoms with E-state index in [0.29, 0.717) is 29.6 Å². The summed E-state index contributed by atoms with van der Waals surface area (Å²) in [5, 5.41) is 6.18. The van der Waals surface area contributed by atoms with E-state index < -0.39 is 6.61 Å². The fraction of sp³-hybridized carbons (Fsp3) is 0.316. The van der Waals surface area contributed by atoms with Crippen LogP contribution in [0.5, 0.6) is 17.2 Å². The highest BCUT2D eigenvalue weighted by Crippen LogP contribution is 2.30. The van der Waals surface area contributed by atoms with Gasteiger partial charge in [0.1, 0.15) is 5.75 Å². The van der Waals surface area contributed by atoms with Crippen molar-refractivity contribution in [1.82, 2.24) is 5.32 Å². The molecule has 2 rings (SSSR count). The normalized spacial score (nSPS) is 10.9. The first-order valence-electron chi connectivity index (χ1n) is 8.38. The van der Waals surface area contributed by atoms with E-state index in [2.05, 4.69) is 20.4 Å². The summed E-state index contributed by atoms with van der Waals surface area (Å²) in [7, 11) is 3.18. The number of nitrogens with one attached hydrogen (secondary N) is 2. The number of aliphatic imine (C=N–C) groups is 1. The van der Waals surface area contributed by atoms with Crippen LogP contribution in [0.4, 0.5) is 14.5 Å². The zero-order valence-electron chi connectivity index (χ0n) is 15.9. The molecule has 28 heavy (non-hydrogen) atoms. The number of hydrogen-bond donors (Lipinski definition) is 2. The molecule has 6 nitrogen and oxygen atoms in total. The zero-order chi connectivity index (χ0) is 19.6. The van der Waals surface area contributed by atoms with Crippen molar-refractivity contribution in [3.8, 4) is 17.2 Å². The molecule has 0 spiro atoms. The summed E-state index contributed by atoms with van der Waals surface area (Å²) in [5.74, 6) is 1.82. The number of benzene rings is 2. The number of ether oxygens (including phenoxy) is 3. The number of halogens is 3. The highest BCUT2D eigenvalue weighted by Gasteiger charge is 2.10. The van der Waals surface area contributed by atoms with Crippen LogP contribution in [-0.4, -0.2) is 33.3 Å². The fourth-order valence-electron chi connectivity index (χ4n) is 2.38. The molecular formula is C19H24F2IN3O3. The molecule has 0 radical (unpaired) electrons. The minimum Gasteiger partial charge on any atom is -0.493 e. The lowest BCUT2D eigenvalue weighted by molar-refractivity contribution is -0.0504. The maximum atomic E-state index is 12.5. The maximum Gasteiger partial charge on any atom is 0.387 e. The Bertz CT molecular complexity index is 776. The Balaban J connectivity index is 0.00000392. The van der Waals surface area contributed by atoms with E-state index in [4.69, 9.17) is 9.47 Å². The van der Waals surface area contributed by atoms with E-state index in [1.54, 1.807) is 44.5 Å². The number of alkyl halides is 2. The molecule has 0 atom stereocenters. The summed E-state index contributed by atoms with van der Waals surface area (Å²) in [4.78, 5) is 4.14. The van der Waals surface area contributed by atoms with Crippen molar-refractivity contribution in [3.63, 3.8) is 0 Å². The van der Waals surface area contributed by atoms with Gasteiger partial charge in [-0.3, -0.25) is 4.99 Å². The van der Waals surface area contributed by atoms with Gasteiger partial charge < -0.3 is 24.8 Å². The van der Waals surface area contributed by atoms with Gasteiger partial charge in [-0.15, -0.1) is 24.0 Å². The van der Waals surface area contributed by atoms with Crippen LogP contribution >= 0.6 is 24.0 Å². The Morgan fingerprint density at radius 2 is 1.86 bits per heavy atom. The molecule has 0 saturated carbocycles. The molecule has 2 N–H and O–H groups in total. The van der Waals surface area contributed by atoms with E-state index in [9.17, 15) is 8.78 Å². The standard InChI is InChI=1S/C19H23F2N3O3.HI/c1-4-26-16-10-9-14(11-17(16)25-3)24-19(22-2)23-12-13-7-5-6-8-15(13)27-18(20)21;/h5-11,18H,4,12H2,1-3H3,(H2,22,23,24);1H. The number of para-hydroxylation sites is 1. The van der Waals surface area contributed by atoms with Crippen molar-refractivity contribution in [3.05, 3.63) is 48.0 Å². The molecule has 0 aliphatic rings. The molecule has 0 amide bonds. The van der Waals surface area contributed by atoms with Gasteiger partial charge in [0.2, 0.25) is 0 Å². The van der Waals surface area contributed by atoms with Crippen molar-refractivity contribution in [2.24, 2.45) is 4.99 Å². The summed E-state index contributed by atoms with van der Waals surface area (Å²) in [6.07, 6.45) is 0. The van der Waals surface area contributed by atoms with Crippen molar-refractivity contribution in [2.75, 3.05) is 26.1 Å². The van der Waals surface area contributed by atoms with Crippen LogP contribution in [-0.2, 0) is 6.54 Å². The van der Waals surface area contributed by atoms with Crippen molar-refractivity contribution >= 4 is 35.6 Å². The smallest absolute Gasteiger partial charge is 0.387 e. The lowest BCUT2D eigenvalue weighted by atomic mass is 10.2. The highest BCUT2D eigenvalue weighted by atomic mass is 127. The lowest BCUT2D eigenvalue weighted by Gasteiger charge is -2.16. The molecule has 154 valence electrons. The first-order valence-corrected chi connectivity index (χ1v) is 8.38. The first kappa shape index (κ1) is 23.7. The third-order valence-electron chi connectivity index (χ3n) is 3.58. The van der Waals surface area contributed by atoms with Crippen LogP contribution in [0.15, 0.2) is 47.5 Å². The predicted molar refractivity (Wildman–Crippen MR) is 116 cm³/mol. The average Bonchev–Trinajstić information content (AvgIpc) is 2.67. The molecule has 0 unspecified atom stereocenters. The first-order chi connectivity index (χ1) is 13.1. The van der Waals surface area contributed by atoms with Gasteiger partial charge in [-0.2, -0.15) is 8.78 Å². The van der Waals surface area contributed by atoms with E-state index in [-0.39, 0.29) is 36.3 Å². The van der Waals surface area contributed by atoms with Crippen LogP contribution in [0.2, 0.25) is 0 Å².